The molecule has 1 heterocycles. The second kappa shape index (κ2) is 8.44. The maximum atomic E-state index is 11.9. The number of aromatic nitrogens is 2. The lowest BCUT2D eigenvalue weighted by molar-refractivity contribution is -0.114. The zero-order valence-corrected chi connectivity index (χ0v) is 14.6. The number of anilines is 2. The van der Waals surface area contributed by atoms with Crippen molar-refractivity contribution in [1.29, 1.82) is 0 Å². The first-order valence-corrected chi connectivity index (χ1v) is 9.22. The fourth-order valence-electron chi connectivity index (χ4n) is 1.74. The SMILES string of the molecule is Cc1nnc(NC(=O)CS(=O)CC(=O)Nc2ccc(C(=O)O)cc2)s1. The van der Waals surface area contributed by atoms with E-state index in [9.17, 15) is 18.6 Å². The van der Waals surface area contributed by atoms with Gasteiger partial charge in [0.05, 0.1) is 5.56 Å². The molecule has 0 radical (unpaired) electrons. The number of rotatable bonds is 7. The normalized spacial score (nSPS) is 11.6. The summed E-state index contributed by atoms with van der Waals surface area (Å²) in [6, 6.07) is 5.53. The molecule has 0 saturated heterocycles. The minimum absolute atomic E-state index is 0.0881. The third-order valence-corrected chi connectivity index (χ3v) is 4.69. The molecule has 9 nitrogen and oxygen atoms in total. The van der Waals surface area contributed by atoms with Gasteiger partial charge in [-0.2, -0.15) is 0 Å². The quantitative estimate of drug-likeness (QED) is 0.646. The molecule has 0 bridgehead atoms. The van der Waals surface area contributed by atoms with Gasteiger partial charge in [0, 0.05) is 16.5 Å². The number of hydrogen-bond acceptors (Lipinski definition) is 7. The van der Waals surface area contributed by atoms with Gasteiger partial charge in [0.2, 0.25) is 16.9 Å². The molecule has 1 atom stereocenters. The van der Waals surface area contributed by atoms with Crippen LogP contribution in [0.3, 0.4) is 0 Å². The first kappa shape index (κ1) is 18.7. The molecule has 2 amide bonds. The van der Waals surface area contributed by atoms with Crippen molar-refractivity contribution >= 4 is 50.7 Å². The number of aromatic carboxylic acids is 1. The van der Waals surface area contributed by atoms with Crippen LogP contribution in [-0.4, -0.2) is 48.8 Å². The van der Waals surface area contributed by atoms with Crippen LogP contribution in [0.5, 0.6) is 0 Å². The Morgan fingerprint density at radius 3 is 2.20 bits per heavy atom. The number of carbonyl (C=O) groups is 3. The number of carbonyl (C=O) groups excluding carboxylic acids is 2. The summed E-state index contributed by atoms with van der Waals surface area (Å²) >= 11 is 1.19. The van der Waals surface area contributed by atoms with Crippen LogP contribution in [0.25, 0.3) is 0 Å². The first-order chi connectivity index (χ1) is 11.8. The van der Waals surface area contributed by atoms with Gasteiger partial charge in [0.1, 0.15) is 16.5 Å². The molecule has 0 aliphatic rings. The van der Waals surface area contributed by atoms with E-state index in [4.69, 9.17) is 5.11 Å². The van der Waals surface area contributed by atoms with Crippen LogP contribution < -0.4 is 10.6 Å². The summed E-state index contributed by atoms with van der Waals surface area (Å²) in [5.41, 5.74) is 0.464. The molecule has 0 aliphatic carbocycles. The van der Waals surface area contributed by atoms with Crippen LogP contribution in [0.1, 0.15) is 15.4 Å². The topological polar surface area (TPSA) is 138 Å². The largest absolute Gasteiger partial charge is 0.478 e. The summed E-state index contributed by atoms with van der Waals surface area (Å²) in [6.45, 7) is 1.73. The van der Waals surface area contributed by atoms with Gasteiger partial charge >= 0.3 is 5.97 Å². The predicted octanol–water partition coefficient (Wildman–Crippen LogP) is 0.871. The van der Waals surface area contributed by atoms with Crippen molar-refractivity contribution in [3.05, 3.63) is 34.8 Å². The van der Waals surface area contributed by atoms with E-state index in [1.165, 1.54) is 35.6 Å². The molecule has 2 rings (SSSR count). The summed E-state index contributed by atoms with van der Waals surface area (Å²) < 4.78 is 11.9. The molecule has 3 N–H and O–H groups in total. The molecule has 1 unspecified atom stereocenters. The number of carboxylic acid groups (broad SMARTS) is 1. The highest BCUT2D eigenvalue weighted by Crippen LogP contribution is 2.13. The Kier molecular flexibility index (Phi) is 6.31. The van der Waals surface area contributed by atoms with Crippen LogP contribution in [-0.2, 0) is 20.4 Å². The average Bonchev–Trinajstić information content (AvgIpc) is 2.92. The Morgan fingerprint density at radius 1 is 1.08 bits per heavy atom. The molecule has 11 heteroatoms. The molecule has 132 valence electrons. The molecule has 0 spiro atoms. The fourth-order valence-corrected chi connectivity index (χ4v) is 3.18. The van der Waals surface area contributed by atoms with Crippen LogP contribution in [0.4, 0.5) is 10.8 Å². The Labute approximate surface area is 148 Å². The Morgan fingerprint density at radius 2 is 1.68 bits per heavy atom. The van der Waals surface area contributed by atoms with E-state index >= 15 is 0 Å². The third-order valence-electron chi connectivity index (χ3n) is 2.77. The minimum atomic E-state index is -1.69. The van der Waals surface area contributed by atoms with Crippen molar-refractivity contribution in [2.75, 3.05) is 22.1 Å². The Hall–Kier alpha value is -2.66. The van der Waals surface area contributed by atoms with Gasteiger partial charge in [-0.3, -0.25) is 19.1 Å². The number of hydrogen-bond donors (Lipinski definition) is 3. The summed E-state index contributed by atoms with van der Waals surface area (Å²) in [4.78, 5) is 34.3. The van der Waals surface area contributed by atoms with Gasteiger partial charge in [-0.05, 0) is 31.2 Å². The highest BCUT2D eigenvalue weighted by Gasteiger charge is 2.14. The first-order valence-electron chi connectivity index (χ1n) is 6.91. The second-order valence-corrected chi connectivity index (χ2v) is 7.47. The third kappa shape index (κ3) is 6.04. The van der Waals surface area contributed by atoms with Crippen LogP contribution in [0, 0.1) is 6.92 Å². The van der Waals surface area contributed by atoms with E-state index in [1.807, 2.05) is 0 Å². The molecule has 0 saturated carbocycles. The van der Waals surface area contributed by atoms with Crippen molar-refractivity contribution in [2.45, 2.75) is 6.92 Å². The maximum Gasteiger partial charge on any atom is 0.335 e. The molecule has 2 aromatic rings. The second-order valence-electron chi connectivity index (χ2n) is 4.83. The lowest BCUT2D eigenvalue weighted by Gasteiger charge is -2.06. The number of nitrogens with one attached hydrogen (secondary N) is 2. The zero-order chi connectivity index (χ0) is 18.4. The van der Waals surface area contributed by atoms with E-state index in [-0.39, 0.29) is 17.1 Å². The van der Waals surface area contributed by atoms with Crippen molar-refractivity contribution in [3.63, 3.8) is 0 Å². The van der Waals surface area contributed by atoms with E-state index in [0.29, 0.717) is 15.8 Å². The van der Waals surface area contributed by atoms with Crippen molar-refractivity contribution in [2.24, 2.45) is 0 Å². The summed E-state index contributed by atoms with van der Waals surface area (Å²) in [7, 11) is -1.69. The minimum Gasteiger partial charge on any atom is -0.478 e. The van der Waals surface area contributed by atoms with Gasteiger partial charge in [-0.15, -0.1) is 10.2 Å². The zero-order valence-electron chi connectivity index (χ0n) is 13.0. The van der Waals surface area contributed by atoms with Crippen LogP contribution in [0.15, 0.2) is 24.3 Å². The van der Waals surface area contributed by atoms with Crippen molar-refractivity contribution in [1.82, 2.24) is 10.2 Å². The molecule has 1 aromatic heterocycles. The monoisotopic (exact) mass is 382 g/mol. The molecule has 1 aromatic carbocycles. The number of aryl methyl sites for hydroxylation is 1. The van der Waals surface area contributed by atoms with Crippen LogP contribution in [0.2, 0.25) is 0 Å². The highest BCUT2D eigenvalue weighted by atomic mass is 32.2. The van der Waals surface area contributed by atoms with Gasteiger partial charge < -0.3 is 10.4 Å². The molecule has 0 aliphatic heterocycles. The van der Waals surface area contributed by atoms with Gasteiger partial charge in [0.15, 0.2) is 0 Å². The smallest absolute Gasteiger partial charge is 0.335 e. The molecule has 25 heavy (non-hydrogen) atoms. The van der Waals surface area contributed by atoms with Gasteiger partial charge in [-0.1, -0.05) is 11.3 Å². The van der Waals surface area contributed by atoms with Crippen molar-refractivity contribution in [3.8, 4) is 0 Å². The average molecular weight is 382 g/mol. The molecular formula is C14H14N4O5S2. The standard InChI is InChI=1S/C14H14N4O5S2/c1-8-17-18-14(24-8)16-12(20)7-25(23)6-11(19)15-10-4-2-9(3-5-10)13(21)22/h2-5H,6-7H2,1H3,(H,15,19)(H,21,22)(H,16,18,20). The predicted molar refractivity (Wildman–Crippen MR) is 93.2 cm³/mol. The van der Waals surface area contributed by atoms with Crippen molar-refractivity contribution < 1.29 is 23.7 Å². The van der Waals surface area contributed by atoms with E-state index in [0.717, 1.165) is 0 Å². The summed E-state index contributed by atoms with van der Waals surface area (Å²) in [5, 5.41) is 22.2. The van der Waals surface area contributed by atoms with Gasteiger partial charge in [0.25, 0.3) is 0 Å². The number of amides is 2. The fraction of sp³-hybridized carbons (Fsp3) is 0.214. The van der Waals surface area contributed by atoms with E-state index in [1.54, 1.807) is 6.92 Å². The summed E-state index contributed by atoms with van der Waals surface area (Å²) in [6.07, 6.45) is 0. The van der Waals surface area contributed by atoms with E-state index < -0.39 is 28.6 Å². The van der Waals surface area contributed by atoms with Gasteiger partial charge in [-0.25, -0.2) is 4.79 Å². The Bertz CT molecular complexity index is 819. The lowest BCUT2D eigenvalue weighted by atomic mass is 10.2. The summed E-state index contributed by atoms with van der Waals surface area (Å²) in [5.74, 6) is -2.84. The molecule has 0 fully saturated rings. The van der Waals surface area contributed by atoms with Crippen LogP contribution >= 0.6 is 11.3 Å². The van der Waals surface area contributed by atoms with E-state index in [2.05, 4.69) is 20.8 Å². The number of nitrogens with zero attached hydrogens (tertiary/aromatic N) is 2. The highest BCUT2D eigenvalue weighted by molar-refractivity contribution is 7.86. The number of carboxylic acids is 1. The Balaban J connectivity index is 1.80. The maximum absolute atomic E-state index is 11.9. The number of benzene rings is 1. The molecular weight excluding hydrogens is 368 g/mol. The lowest BCUT2D eigenvalue weighted by Crippen LogP contribution is -2.26.